The third kappa shape index (κ3) is 14.9. The monoisotopic (exact) mass is 1600 g/mol. The molecule has 0 saturated heterocycles. The van der Waals surface area contributed by atoms with E-state index in [1.807, 2.05) is 24.4 Å². The maximum absolute atomic E-state index is 4.40. The van der Waals surface area contributed by atoms with E-state index in [0.29, 0.717) is 0 Å². The first kappa shape index (κ1) is 68.5. The Labute approximate surface area is 594 Å². The molecule has 0 atom stereocenters. The van der Waals surface area contributed by atoms with Gasteiger partial charge in [-0.15, -0.1) is 42.7 Å². The van der Waals surface area contributed by atoms with Gasteiger partial charge in [0.25, 0.3) is 0 Å². The Kier molecular flexibility index (Phi) is 22.3. The Morgan fingerprint density at radius 1 is 0.281 bits per heavy atom. The summed E-state index contributed by atoms with van der Waals surface area (Å²) < 4.78 is 6.57. The van der Waals surface area contributed by atoms with Crippen LogP contribution in [0.15, 0.2) is 304 Å². The molecule has 4 aromatic heterocycles. The molecule has 14 aromatic rings. The average Bonchev–Trinajstić information content (AvgIpc) is 0.777. The molecule has 0 aliphatic rings. The fraction of sp³-hybridized carbons (Fsp3) is 0.0889. The second-order valence-electron chi connectivity index (χ2n) is 24.2. The molecule has 2 radical (unpaired) electrons. The van der Waals surface area contributed by atoms with Crippen molar-refractivity contribution in [3.05, 3.63) is 338 Å². The van der Waals surface area contributed by atoms with Crippen molar-refractivity contribution in [2.45, 2.75) is 34.6 Å². The van der Waals surface area contributed by atoms with E-state index in [0.717, 1.165) is 11.3 Å². The molecule has 0 amide bonds. The van der Waals surface area contributed by atoms with E-state index in [-0.39, 0.29) is 40.2 Å². The minimum atomic E-state index is 0. The van der Waals surface area contributed by atoms with Gasteiger partial charge in [0.15, 0.2) is 18.6 Å². The van der Waals surface area contributed by atoms with Crippen molar-refractivity contribution in [1.82, 2.24) is 4.98 Å². The molecule has 4 heterocycles. The second kappa shape index (κ2) is 31.3. The Balaban J connectivity index is 0.000000279. The maximum atomic E-state index is 4.40. The third-order valence-electron chi connectivity index (χ3n) is 17.8. The van der Waals surface area contributed by atoms with Gasteiger partial charge in [0, 0.05) is 99.5 Å². The normalized spacial score (nSPS) is 10.6. The van der Waals surface area contributed by atoms with Crippen LogP contribution in [0, 0.1) is 53.5 Å². The Bertz CT molecular complexity index is 4690. The van der Waals surface area contributed by atoms with Gasteiger partial charge in [-0.3, -0.25) is 0 Å². The van der Waals surface area contributed by atoms with E-state index >= 15 is 0 Å². The summed E-state index contributed by atoms with van der Waals surface area (Å²) in [7, 11) is 6.34. The van der Waals surface area contributed by atoms with Gasteiger partial charge in [0.2, 0.25) is 17.1 Å². The van der Waals surface area contributed by atoms with Crippen molar-refractivity contribution >= 4 is 0 Å². The van der Waals surface area contributed by atoms with Crippen LogP contribution in [0.5, 0.6) is 0 Å². The molecule has 4 nitrogen and oxygen atoms in total. The topological polar surface area (TPSA) is 24.5 Å². The smallest absolute Gasteiger partial charge is 0.212 e. The molecule has 14 rings (SSSR count). The zero-order valence-corrected chi connectivity index (χ0v) is 60.3. The van der Waals surface area contributed by atoms with Crippen molar-refractivity contribution in [3.63, 3.8) is 0 Å². The van der Waals surface area contributed by atoms with Crippen LogP contribution in [0.1, 0.15) is 27.8 Å². The van der Waals surface area contributed by atoms with Gasteiger partial charge in [-0.1, -0.05) is 186 Å². The number of terminal acetylenes is 1. The molecule has 0 bridgehead atoms. The summed E-state index contributed by atoms with van der Waals surface area (Å²) in [6.07, 6.45) is 16.1. The summed E-state index contributed by atoms with van der Waals surface area (Å²) in [5, 5.41) is 0. The molecule has 0 unspecified atom stereocenters. The number of hydrogen-bond acceptors (Lipinski definition) is 1. The zero-order chi connectivity index (χ0) is 65.2. The quantitative estimate of drug-likeness (QED) is 0.0680. The summed E-state index contributed by atoms with van der Waals surface area (Å²) in [6, 6.07) is 105. The van der Waals surface area contributed by atoms with Crippen LogP contribution in [0.4, 0.5) is 0 Å². The zero-order valence-electron chi connectivity index (χ0n) is 55.5. The molecule has 96 heavy (non-hydrogen) atoms. The van der Waals surface area contributed by atoms with Crippen LogP contribution >= 0.6 is 0 Å². The van der Waals surface area contributed by atoms with E-state index in [9.17, 15) is 0 Å². The van der Waals surface area contributed by atoms with E-state index in [4.69, 9.17) is 0 Å². The summed E-state index contributed by atoms with van der Waals surface area (Å²) in [5.41, 5.74) is 34.7. The fourth-order valence-corrected chi connectivity index (χ4v) is 13.2. The second-order valence-corrected chi connectivity index (χ2v) is 24.2. The molecule has 0 aliphatic carbocycles. The summed E-state index contributed by atoms with van der Waals surface area (Å²) in [4.78, 5) is 4.40. The largest absolute Gasteiger partial charge is 0.305 e. The van der Waals surface area contributed by atoms with Crippen molar-refractivity contribution in [1.29, 1.82) is 0 Å². The number of pyridine rings is 4. The number of aromatic nitrogens is 4. The molecule has 6 heteroatoms. The number of hydrogen-bond donors (Lipinski definition) is 0. The van der Waals surface area contributed by atoms with E-state index in [1.165, 1.54) is 151 Å². The minimum Gasteiger partial charge on any atom is -0.305 e. The molecule has 0 fully saturated rings. The molecule has 0 N–H and O–H groups in total. The first-order chi connectivity index (χ1) is 45.9. The third-order valence-corrected chi connectivity index (χ3v) is 17.8. The Hall–Kier alpha value is -10.3. The molecule has 0 spiro atoms. The van der Waals surface area contributed by atoms with Crippen molar-refractivity contribution in [2.24, 2.45) is 21.1 Å². The molecule has 472 valence electrons. The molecule has 0 aliphatic heterocycles. The number of benzene rings is 10. The SMILES string of the molecule is C#C.Cc1cc(-c2ccccc2-c2cc(-c3ccccc3-c3ccc(-c4cccc[n+]4C)c(C)c3)cc(-c3ccccc3-c3ccc(-c4cccc[n+]4C)c(C)c3)c2)ccc1-c1cccc[n+]1C.Cc1cc(C)cc(-c2ccccc2-c2c[c-]c(-c3ccccn3)cc2)c1.[Ir].[Ir]. The average molecular weight is 1600 g/mol. The predicted octanol–water partition coefficient (Wildman–Crippen LogP) is 20.8. The minimum absolute atomic E-state index is 0. The van der Waals surface area contributed by atoms with Crippen LogP contribution in [0.25, 0.3) is 134 Å². The van der Waals surface area contributed by atoms with Crippen molar-refractivity contribution in [2.75, 3.05) is 0 Å². The summed E-state index contributed by atoms with van der Waals surface area (Å²) in [5.74, 6) is 0. The van der Waals surface area contributed by atoms with Crippen LogP contribution in [-0.4, -0.2) is 4.98 Å². The molecule has 0 saturated carbocycles. The van der Waals surface area contributed by atoms with Crippen molar-refractivity contribution < 1.29 is 53.9 Å². The van der Waals surface area contributed by atoms with Gasteiger partial charge in [-0.25, -0.2) is 13.7 Å². The molecular formula is C90H76Ir2N4+2. The van der Waals surface area contributed by atoms with Gasteiger partial charge in [0.05, 0.1) is 0 Å². The standard InChI is InChI=1S/C63H54N3.C25H20N.C2H2.2Ir/c1-43-37-46(28-31-52(43)61-25-13-16-34-64(61)4)55-19-7-10-22-58(55)49-40-50(59-23-11-8-20-56(59)47-29-32-53(44(2)38-47)62-26-14-17-35-65(62)5)42-51(41-49)60-24-12-9-21-57(60)48-30-33-54(45(3)39-48)63-27-15-18-36-66(63)6;1-18-15-19(2)17-22(16-18)24-8-4-3-7-23(24)20-10-12-21(13-11-20)25-9-5-6-14-26-25;1-2;;/h7-42H,1-6H3;3-12,14-17H,1-2H3;1-2H;;/q+3;-1;;;. The molecule has 10 aromatic carbocycles. The van der Waals surface area contributed by atoms with E-state index in [2.05, 4.69) is 373 Å². The van der Waals surface area contributed by atoms with Crippen LogP contribution in [0.2, 0.25) is 0 Å². The van der Waals surface area contributed by atoms with E-state index < -0.39 is 0 Å². The van der Waals surface area contributed by atoms with E-state index in [1.54, 1.807) is 0 Å². The van der Waals surface area contributed by atoms with Gasteiger partial charge >= 0.3 is 0 Å². The maximum Gasteiger partial charge on any atom is 0.212 e. The van der Waals surface area contributed by atoms with Crippen LogP contribution in [-0.2, 0) is 61.4 Å². The first-order valence-corrected chi connectivity index (χ1v) is 32.0. The number of nitrogens with zero attached hydrogens (tertiary/aromatic N) is 4. The van der Waals surface area contributed by atoms with Gasteiger partial charge in [-0.2, -0.15) is 0 Å². The van der Waals surface area contributed by atoms with Crippen LogP contribution < -0.4 is 13.7 Å². The van der Waals surface area contributed by atoms with Crippen LogP contribution in [0.3, 0.4) is 0 Å². The molecular weight excluding hydrogens is 1520 g/mol. The Morgan fingerprint density at radius 3 is 0.885 bits per heavy atom. The summed E-state index contributed by atoms with van der Waals surface area (Å²) >= 11 is 0. The Morgan fingerprint density at radius 2 is 0.583 bits per heavy atom. The predicted molar refractivity (Wildman–Crippen MR) is 392 cm³/mol. The summed E-state index contributed by atoms with van der Waals surface area (Å²) in [6.45, 7) is 11.0. The number of rotatable bonds is 12. The number of aryl methyl sites for hydroxylation is 8. The van der Waals surface area contributed by atoms with Gasteiger partial charge in [-0.05, 0) is 196 Å². The van der Waals surface area contributed by atoms with Gasteiger partial charge < -0.3 is 4.98 Å². The van der Waals surface area contributed by atoms with Gasteiger partial charge in [0.1, 0.15) is 21.1 Å². The fourth-order valence-electron chi connectivity index (χ4n) is 13.2. The van der Waals surface area contributed by atoms with Crippen molar-refractivity contribution in [3.8, 4) is 147 Å². The first-order valence-electron chi connectivity index (χ1n) is 32.0.